The molecule has 7 nitrogen and oxygen atoms in total. The first-order valence-corrected chi connectivity index (χ1v) is 6.02. The van der Waals surface area contributed by atoms with Gasteiger partial charge < -0.3 is 30.6 Å². The third-order valence-electron chi connectivity index (χ3n) is 5.51. The van der Waals surface area contributed by atoms with Gasteiger partial charge >= 0.3 is 5.97 Å². The second-order valence-electron chi connectivity index (χ2n) is 6.73. The zero-order chi connectivity index (χ0) is 15.2. The lowest BCUT2D eigenvalue weighted by Crippen LogP contribution is -2.51. The highest BCUT2D eigenvalue weighted by molar-refractivity contribution is 5.77. The molecule has 5 atom stereocenters. The third-order valence-corrected chi connectivity index (χ3v) is 5.51. The van der Waals surface area contributed by atoms with Gasteiger partial charge in [0.15, 0.2) is 6.10 Å². The van der Waals surface area contributed by atoms with Gasteiger partial charge in [-0.1, -0.05) is 27.7 Å². The molecule has 0 aromatic carbocycles. The summed E-state index contributed by atoms with van der Waals surface area (Å²) >= 11 is 0. The van der Waals surface area contributed by atoms with Crippen molar-refractivity contribution in [3.8, 4) is 0 Å². The van der Waals surface area contributed by atoms with E-state index in [1.54, 1.807) is 0 Å². The van der Waals surface area contributed by atoms with Crippen molar-refractivity contribution < 1.29 is 35.4 Å². The quantitative estimate of drug-likeness (QED) is 0.353. The number of aliphatic carboxylic acids is 1. The Morgan fingerprint density at radius 2 is 1.47 bits per heavy atom. The Kier molecular flexibility index (Phi) is 2.41. The van der Waals surface area contributed by atoms with E-state index in [2.05, 4.69) is 0 Å². The van der Waals surface area contributed by atoms with Crippen molar-refractivity contribution in [1.82, 2.24) is 0 Å². The van der Waals surface area contributed by atoms with E-state index < -0.39 is 45.8 Å². The van der Waals surface area contributed by atoms with Crippen molar-refractivity contribution in [1.29, 1.82) is 0 Å². The summed E-state index contributed by atoms with van der Waals surface area (Å²) in [6.07, 6.45) is -3.58. The van der Waals surface area contributed by atoms with Gasteiger partial charge in [0.1, 0.15) is 16.8 Å². The highest BCUT2D eigenvalue weighted by Gasteiger charge is 3.00. The number of carboxylic acids is 1. The number of hydrogen-bond donors (Lipinski definition) is 6. The Balaban J connectivity index is 2.51. The number of hydrogen-bond acceptors (Lipinski definition) is 6. The molecule has 1 unspecified atom stereocenters. The molecule has 2 aliphatic carbocycles. The monoisotopic (exact) mass is 276 g/mol. The molecule has 2 saturated carbocycles. The first-order chi connectivity index (χ1) is 8.26. The summed E-state index contributed by atoms with van der Waals surface area (Å²) in [5.41, 5.74) is -9.42. The molecule has 6 N–H and O–H groups in total. The Morgan fingerprint density at radius 3 is 1.74 bits per heavy atom. The summed E-state index contributed by atoms with van der Waals surface area (Å²) in [4.78, 5) is 10.9. The van der Waals surface area contributed by atoms with E-state index >= 15 is 0 Å². The summed E-state index contributed by atoms with van der Waals surface area (Å²) in [6.45, 7) is 5.63. The molecule has 2 fully saturated rings. The predicted molar refractivity (Wildman–Crippen MR) is 62.1 cm³/mol. The molecular weight excluding hydrogens is 256 g/mol. The maximum absolute atomic E-state index is 10.9. The fourth-order valence-electron chi connectivity index (χ4n) is 3.73. The van der Waals surface area contributed by atoms with Crippen LogP contribution in [0.4, 0.5) is 0 Å². The smallest absolute Gasteiger partial charge is 0.335 e. The van der Waals surface area contributed by atoms with Crippen LogP contribution < -0.4 is 0 Å². The number of carbonyl (C=O) groups is 1. The normalized spacial score (nSPS) is 51.5. The Labute approximate surface area is 110 Å². The van der Waals surface area contributed by atoms with Gasteiger partial charge in [-0.2, -0.15) is 0 Å². The molecule has 7 heteroatoms. The summed E-state index contributed by atoms with van der Waals surface area (Å²) in [6, 6.07) is 0. The molecule has 0 bridgehead atoms. The molecule has 0 saturated heterocycles. The van der Waals surface area contributed by atoms with Crippen LogP contribution in [-0.4, -0.2) is 65.6 Å². The average Bonchev–Trinajstić information content (AvgIpc) is 2.86. The Bertz CT molecular complexity index is 459. The first-order valence-electron chi connectivity index (χ1n) is 6.02. The van der Waals surface area contributed by atoms with Gasteiger partial charge in [-0.3, -0.25) is 0 Å². The number of aliphatic hydroxyl groups excluding tert-OH is 2. The highest BCUT2D eigenvalue weighted by atomic mass is 16.5. The van der Waals surface area contributed by atoms with Crippen molar-refractivity contribution in [3.63, 3.8) is 0 Å². The van der Waals surface area contributed by atoms with Gasteiger partial charge in [0.2, 0.25) is 0 Å². The van der Waals surface area contributed by atoms with Crippen molar-refractivity contribution in [2.24, 2.45) is 10.8 Å². The molecule has 19 heavy (non-hydrogen) atoms. The summed E-state index contributed by atoms with van der Waals surface area (Å²) in [5.74, 6) is -1.71. The minimum absolute atomic E-state index is 1.11. The first kappa shape index (κ1) is 14.7. The van der Waals surface area contributed by atoms with Gasteiger partial charge in [-0.15, -0.1) is 0 Å². The fourth-order valence-corrected chi connectivity index (χ4v) is 3.73. The van der Waals surface area contributed by atoms with Crippen LogP contribution in [0.2, 0.25) is 0 Å². The zero-order valence-electron chi connectivity index (χ0n) is 11.2. The van der Waals surface area contributed by atoms with Gasteiger partial charge in [0.05, 0.1) is 6.10 Å². The van der Waals surface area contributed by atoms with E-state index in [0.29, 0.717) is 0 Å². The zero-order valence-corrected chi connectivity index (χ0v) is 11.2. The van der Waals surface area contributed by atoms with Crippen LogP contribution >= 0.6 is 0 Å². The van der Waals surface area contributed by atoms with E-state index in [1.165, 1.54) is 27.7 Å². The largest absolute Gasteiger partial charge is 0.479 e. The molecule has 0 radical (unpaired) electrons. The summed E-state index contributed by atoms with van der Waals surface area (Å²) < 4.78 is 0. The second-order valence-corrected chi connectivity index (χ2v) is 6.73. The van der Waals surface area contributed by atoms with Gasteiger partial charge in [-0.05, 0) is 0 Å². The van der Waals surface area contributed by atoms with Gasteiger partial charge in [0.25, 0.3) is 0 Å². The van der Waals surface area contributed by atoms with Crippen molar-refractivity contribution in [3.05, 3.63) is 0 Å². The standard InChI is InChI=1S/C12H20O7/c1-8(2)7(16)11(8,18)12(19)9(3,4)10(12,17)5(13)6(14)15/h5,7,13,16-19H,1-4H3,(H,14,15)/t5-,7?,10-,11-,12-/m0/s1. The molecular formula is C12H20O7. The lowest BCUT2D eigenvalue weighted by molar-refractivity contribution is -0.168. The lowest BCUT2D eigenvalue weighted by Gasteiger charge is -2.26. The average molecular weight is 276 g/mol. The van der Waals surface area contributed by atoms with E-state index in [0.717, 1.165) is 0 Å². The van der Waals surface area contributed by atoms with Crippen LogP contribution in [-0.2, 0) is 4.79 Å². The van der Waals surface area contributed by atoms with E-state index in [1.807, 2.05) is 0 Å². The van der Waals surface area contributed by atoms with E-state index in [-0.39, 0.29) is 0 Å². The molecule has 2 rings (SSSR count). The SMILES string of the molecule is CC1(C)C(O)[C@@]1(O)[C@]1(O)C(C)(C)[C@@]1(O)[C@@H](O)C(=O)O. The molecule has 0 amide bonds. The number of rotatable bonds is 3. The van der Waals surface area contributed by atoms with Crippen molar-refractivity contribution in [2.75, 3.05) is 0 Å². The van der Waals surface area contributed by atoms with Crippen molar-refractivity contribution in [2.45, 2.75) is 56.7 Å². The van der Waals surface area contributed by atoms with Crippen LogP contribution in [0.5, 0.6) is 0 Å². The lowest BCUT2D eigenvalue weighted by atomic mass is 9.93. The Hall–Kier alpha value is -0.730. The molecule has 0 aromatic heterocycles. The van der Waals surface area contributed by atoms with E-state index in [9.17, 15) is 30.3 Å². The van der Waals surface area contributed by atoms with E-state index in [4.69, 9.17) is 5.11 Å². The second kappa shape index (κ2) is 3.12. The van der Waals surface area contributed by atoms with Crippen LogP contribution in [0.15, 0.2) is 0 Å². The van der Waals surface area contributed by atoms with Crippen LogP contribution in [0.3, 0.4) is 0 Å². The molecule has 110 valence electrons. The minimum atomic E-state index is -2.44. The molecule has 0 aliphatic heterocycles. The van der Waals surface area contributed by atoms with Gasteiger partial charge in [0, 0.05) is 10.8 Å². The maximum Gasteiger partial charge on any atom is 0.335 e. The Morgan fingerprint density at radius 1 is 1.11 bits per heavy atom. The van der Waals surface area contributed by atoms with Crippen LogP contribution in [0.1, 0.15) is 27.7 Å². The van der Waals surface area contributed by atoms with Crippen LogP contribution in [0, 0.1) is 10.8 Å². The van der Waals surface area contributed by atoms with Gasteiger partial charge in [-0.25, -0.2) is 4.79 Å². The number of aliphatic hydroxyl groups is 5. The fraction of sp³-hybridized carbons (Fsp3) is 0.917. The summed E-state index contributed by atoms with van der Waals surface area (Å²) in [7, 11) is 0. The van der Waals surface area contributed by atoms with Crippen molar-refractivity contribution >= 4 is 5.97 Å². The van der Waals surface area contributed by atoms with Crippen LogP contribution in [0.25, 0.3) is 0 Å². The minimum Gasteiger partial charge on any atom is -0.479 e. The predicted octanol–water partition coefficient (Wildman–Crippen LogP) is -1.93. The topological polar surface area (TPSA) is 138 Å². The summed E-state index contributed by atoms with van der Waals surface area (Å²) in [5, 5.41) is 59.8. The molecule has 0 aromatic rings. The molecule has 2 aliphatic rings. The third kappa shape index (κ3) is 1.04. The highest BCUT2D eigenvalue weighted by Crippen LogP contribution is 2.79. The number of carboxylic acid groups (broad SMARTS) is 1. The molecule has 0 heterocycles. The maximum atomic E-state index is 10.9. The molecule has 0 spiro atoms.